The Hall–Kier alpha value is -3.38. The topological polar surface area (TPSA) is 96.0 Å². The Morgan fingerprint density at radius 3 is 2.63 bits per heavy atom. The van der Waals surface area contributed by atoms with Gasteiger partial charge in [-0.1, -0.05) is 72.9 Å². The lowest BCUT2D eigenvalue weighted by atomic mass is 9.86. The summed E-state index contributed by atoms with van der Waals surface area (Å²) in [6.07, 6.45) is 13.9. The van der Waals surface area contributed by atoms with E-state index in [1.54, 1.807) is 24.3 Å². The smallest absolute Gasteiger partial charge is 0.243 e. The number of hydrogen-bond acceptors (Lipinski definition) is 4. The summed E-state index contributed by atoms with van der Waals surface area (Å²) in [4.78, 5) is 0. The normalized spacial score (nSPS) is 25.8. The van der Waals surface area contributed by atoms with Gasteiger partial charge in [0.25, 0.3) is 0 Å². The van der Waals surface area contributed by atoms with Gasteiger partial charge < -0.3 is 5.73 Å². The molecule has 5 nitrogen and oxygen atoms in total. The van der Waals surface area contributed by atoms with Crippen LogP contribution < -0.4 is 10.5 Å². The molecule has 30 heavy (non-hydrogen) atoms. The van der Waals surface area contributed by atoms with Gasteiger partial charge >= 0.3 is 0 Å². The van der Waals surface area contributed by atoms with Crippen molar-refractivity contribution in [2.75, 3.05) is 10.5 Å². The summed E-state index contributed by atoms with van der Waals surface area (Å²) in [5.74, 6) is 0. The maximum Gasteiger partial charge on any atom is 0.243 e. The molecule has 1 spiro atoms. The minimum atomic E-state index is -3.74. The van der Waals surface area contributed by atoms with E-state index in [1.165, 1.54) is 0 Å². The van der Waals surface area contributed by atoms with E-state index >= 15 is 0 Å². The van der Waals surface area contributed by atoms with Crippen molar-refractivity contribution in [2.45, 2.75) is 11.2 Å². The van der Waals surface area contributed by atoms with Crippen molar-refractivity contribution < 1.29 is 8.42 Å². The van der Waals surface area contributed by atoms with Crippen molar-refractivity contribution in [2.24, 2.45) is 5.41 Å². The van der Waals surface area contributed by atoms with Crippen LogP contribution in [0.4, 0.5) is 11.4 Å². The number of anilines is 2. The molecule has 6 heteroatoms. The lowest BCUT2D eigenvalue weighted by molar-refractivity contribution is 0.582. The minimum absolute atomic E-state index is 0.248. The molecule has 0 aliphatic heterocycles. The summed E-state index contributed by atoms with van der Waals surface area (Å²) in [6, 6.07) is 14.1. The first kappa shape index (κ1) is 18.6. The van der Waals surface area contributed by atoms with Gasteiger partial charge in [0.2, 0.25) is 10.0 Å². The van der Waals surface area contributed by atoms with Gasteiger partial charge in [-0.05, 0) is 30.2 Å². The molecule has 2 unspecified atom stereocenters. The molecule has 0 aromatic heterocycles. The second-order valence-electron chi connectivity index (χ2n) is 7.89. The monoisotopic (exact) mass is 415 g/mol. The van der Waals surface area contributed by atoms with E-state index < -0.39 is 20.2 Å². The first-order valence-corrected chi connectivity index (χ1v) is 11.2. The number of allylic oxidation sites excluding steroid dienone is 7. The van der Waals surface area contributed by atoms with E-state index in [0.717, 1.165) is 5.57 Å². The maximum atomic E-state index is 13.5. The van der Waals surface area contributed by atoms with Crippen molar-refractivity contribution in [3.05, 3.63) is 108 Å². The molecule has 1 saturated carbocycles. The molecule has 1 fully saturated rings. The number of nitrogens with two attached hydrogens (primary N) is 1. The van der Waals surface area contributed by atoms with Gasteiger partial charge in [0.15, 0.2) is 0 Å². The van der Waals surface area contributed by atoms with Crippen LogP contribution in [0.5, 0.6) is 0 Å². The van der Waals surface area contributed by atoms with E-state index in [9.17, 15) is 8.42 Å². The molecular formula is C24H21N3O2S. The molecule has 4 N–H and O–H groups in total. The maximum absolute atomic E-state index is 13.5. The van der Waals surface area contributed by atoms with E-state index in [2.05, 4.69) is 4.72 Å². The number of nitrogen functional groups attached to an aromatic ring is 1. The van der Waals surface area contributed by atoms with E-state index in [-0.39, 0.29) is 5.71 Å². The fraction of sp³-hybridized carbons (Fsp3) is 0.125. The molecule has 0 amide bonds. The number of benzene rings is 2. The lowest BCUT2D eigenvalue weighted by Crippen LogP contribution is -2.35. The Labute approximate surface area is 175 Å². The van der Waals surface area contributed by atoms with E-state index in [0.29, 0.717) is 28.9 Å². The van der Waals surface area contributed by atoms with Crippen LogP contribution in [0.1, 0.15) is 17.5 Å². The first-order chi connectivity index (χ1) is 14.4. The summed E-state index contributed by atoms with van der Waals surface area (Å²) >= 11 is 0. The zero-order valence-electron chi connectivity index (χ0n) is 16.2. The highest BCUT2D eigenvalue weighted by atomic mass is 32.2. The van der Waals surface area contributed by atoms with Crippen LogP contribution in [-0.4, -0.2) is 18.9 Å². The molecule has 5 rings (SSSR count). The average molecular weight is 416 g/mol. The minimum Gasteiger partial charge on any atom is -0.398 e. The summed E-state index contributed by atoms with van der Waals surface area (Å²) < 4.78 is 28.7. The van der Waals surface area contributed by atoms with Crippen LogP contribution in [0.15, 0.2) is 96.6 Å². The molecule has 0 bridgehead atoms. The Bertz CT molecular complexity index is 1290. The molecule has 2 aromatic rings. The average Bonchev–Trinajstić information content (AvgIpc) is 3.45. The molecule has 2 atom stereocenters. The van der Waals surface area contributed by atoms with Crippen molar-refractivity contribution in [1.29, 1.82) is 5.41 Å². The summed E-state index contributed by atoms with van der Waals surface area (Å²) in [6.45, 7) is 0. The lowest BCUT2D eigenvalue weighted by Gasteiger charge is -2.27. The zero-order valence-corrected chi connectivity index (χ0v) is 17.0. The van der Waals surface area contributed by atoms with Gasteiger partial charge in [-0.15, -0.1) is 0 Å². The van der Waals surface area contributed by atoms with Crippen LogP contribution in [-0.2, 0) is 10.0 Å². The fourth-order valence-electron chi connectivity index (χ4n) is 4.53. The number of nitrogens with one attached hydrogen (secondary N) is 2. The predicted molar refractivity (Wildman–Crippen MR) is 121 cm³/mol. The van der Waals surface area contributed by atoms with Crippen LogP contribution >= 0.6 is 0 Å². The molecule has 2 aromatic carbocycles. The van der Waals surface area contributed by atoms with Crippen molar-refractivity contribution >= 4 is 27.1 Å². The first-order valence-electron chi connectivity index (χ1n) is 9.71. The standard InChI is InChI=1S/C24H21N3O2S/c25-21-12-11-19(15-20(21)22(26)17-7-2-1-3-8-17)27-30(28,29)24-14-6-10-18-9-4-5-13-23(18,24)16-24/h1-15,26-27H,16,25H2. The highest BCUT2D eigenvalue weighted by molar-refractivity contribution is 7.94. The molecule has 0 heterocycles. The van der Waals surface area contributed by atoms with Crippen LogP contribution in [0.2, 0.25) is 0 Å². The predicted octanol–water partition coefficient (Wildman–Crippen LogP) is 4.18. The third-order valence-electron chi connectivity index (χ3n) is 6.21. The molecular weight excluding hydrogens is 394 g/mol. The summed E-state index contributed by atoms with van der Waals surface area (Å²) in [5, 5.41) is 8.51. The molecule has 150 valence electrons. The van der Waals surface area contributed by atoms with E-state index in [4.69, 9.17) is 11.1 Å². The second kappa shape index (κ2) is 6.31. The number of sulfonamides is 1. The van der Waals surface area contributed by atoms with Crippen molar-refractivity contribution in [3.8, 4) is 0 Å². The number of rotatable bonds is 5. The van der Waals surface area contributed by atoms with Gasteiger partial charge in [0, 0.05) is 27.9 Å². The largest absolute Gasteiger partial charge is 0.398 e. The quantitative estimate of drug-likeness (QED) is 0.505. The summed E-state index contributed by atoms with van der Waals surface area (Å²) in [5.41, 5.74) is 8.89. The third-order valence-corrected chi connectivity index (χ3v) is 8.32. The van der Waals surface area contributed by atoms with Gasteiger partial charge in [-0.2, -0.15) is 0 Å². The molecule has 3 aliphatic carbocycles. The van der Waals surface area contributed by atoms with Gasteiger partial charge in [0.1, 0.15) is 4.75 Å². The molecule has 3 aliphatic rings. The Morgan fingerprint density at radius 2 is 1.83 bits per heavy atom. The fourth-order valence-corrected chi connectivity index (χ4v) is 6.49. The van der Waals surface area contributed by atoms with Gasteiger partial charge in [0.05, 0.1) is 5.71 Å². The van der Waals surface area contributed by atoms with Crippen LogP contribution in [0.25, 0.3) is 0 Å². The number of hydrogen-bond donors (Lipinski definition) is 3. The van der Waals surface area contributed by atoms with Crippen molar-refractivity contribution in [3.63, 3.8) is 0 Å². The van der Waals surface area contributed by atoms with Crippen LogP contribution in [0, 0.1) is 10.8 Å². The Balaban J connectivity index is 1.48. The third kappa shape index (κ3) is 2.53. The highest BCUT2D eigenvalue weighted by Gasteiger charge is 2.74. The second-order valence-corrected chi connectivity index (χ2v) is 9.83. The molecule has 0 radical (unpaired) electrons. The summed E-state index contributed by atoms with van der Waals surface area (Å²) in [7, 11) is -3.74. The SMILES string of the molecule is N=C(c1ccccc1)c1cc(NS(=O)(=O)C23C=CC=C4C=CC=CC42C3)ccc1N. The Morgan fingerprint density at radius 1 is 1.03 bits per heavy atom. The van der Waals surface area contributed by atoms with Gasteiger partial charge in [-0.3, -0.25) is 10.1 Å². The zero-order chi connectivity index (χ0) is 21.0. The van der Waals surface area contributed by atoms with E-state index in [1.807, 2.05) is 66.8 Å². The van der Waals surface area contributed by atoms with Crippen molar-refractivity contribution in [1.82, 2.24) is 0 Å². The highest BCUT2D eigenvalue weighted by Crippen LogP contribution is 2.69. The van der Waals surface area contributed by atoms with Gasteiger partial charge in [-0.25, -0.2) is 8.42 Å². The Kier molecular flexibility index (Phi) is 3.92. The van der Waals surface area contributed by atoms with Crippen LogP contribution in [0.3, 0.4) is 0 Å². The molecule has 0 saturated heterocycles.